The van der Waals surface area contributed by atoms with E-state index in [-0.39, 0.29) is 0 Å². The first-order valence-corrected chi connectivity index (χ1v) is 9.19. The lowest BCUT2D eigenvalue weighted by Crippen LogP contribution is -2.52. The molecule has 0 aliphatic carbocycles. The Labute approximate surface area is 118 Å². The summed E-state index contributed by atoms with van der Waals surface area (Å²) in [6, 6.07) is 0.585. The van der Waals surface area contributed by atoms with E-state index in [1.54, 1.807) is 4.31 Å². The Morgan fingerprint density at radius 2 is 1.37 bits per heavy atom. The normalized spacial score (nSPS) is 24.8. The van der Waals surface area contributed by atoms with E-state index in [0.29, 0.717) is 19.1 Å². The number of hydrogen-bond donors (Lipinski definition) is 0. The van der Waals surface area contributed by atoms with Crippen molar-refractivity contribution < 1.29 is 8.42 Å². The predicted octanol–water partition coefficient (Wildman–Crippen LogP) is 0.684. The number of nitrogens with zero attached hydrogens (tertiary/aromatic N) is 3. The minimum absolute atomic E-state index is 0.585. The number of hydrogen-bond acceptors (Lipinski definition) is 4. The van der Waals surface area contributed by atoms with Gasteiger partial charge in [0.15, 0.2) is 0 Å². The third-order valence-corrected chi connectivity index (χ3v) is 5.25. The minimum Gasteiger partial charge on any atom is -0.304 e. The van der Waals surface area contributed by atoms with Crippen LogP contribution in [0.1, 0.15) is 26.7 Å². The van der Waals surface area contributed by atoms with Crippen molar-refractivity contribution in [2.45, 2.75) is 32.7 Å². The van der Waals surface area contributed by atoms with Gasteiger partial charge in [0, 0.05) is 45.3 Å². The van der Waals surface area contributed by atoms with Crippen molar-refractivity contribution in [3.05, 3.63) is 0 Å². The number of piperazine rings is 1. The third-order valence-electron chi connectivity index (χ3n) is 3.95. The highest BCUT2D eigenvalue weighted by Crippen LogP contribution is 2.19. The van der Waals surface area contributed by atoms with Crippen molar-refractivity contribution in [3.8, 4) is 0 Å². The molecule has 2 heterocycles. The molecule has 0 aromatic heterocycles. The summed E-state index contributed by atoms with van der Waals surface area (Å²) in [5.74, 6) is 0. The van der Waals surface area contributed by atoms with Crippen LogP contribution in [0.4, 0.5) is 0 Å². The van der Waals surface area contributed by atoms with Crippen LogP contribution in [0.25, 0.3) is 0 Å². The number of piperidine rings is 1. The lowest BCUT2D eigenvalue weighted by molar-refractivity contribution is 0.0837. The van der Waals surface area contributed by atoms with E-state index in [1.165, 1.54) is 6.26 Å². The Kier molecular flexibility index (Phi) is 6.73. The average molecular weight is 291 g/mol. The van der Waals surface area contributed by atoms with Gasteiger partial charge in [-0.3, -0.25) is 4.90 Å². The van der Waals surface area contributed by atoms with Crippen LogP contribution in [0.2, 0.25) is 0 Å². The third kappa shape index (κ3) is 5.02. The summed E-state index contributed by atoms with van der Waals surface area (Å²) in [6.45, 7) is 9.89. The summed E-state index contributed by atoms with van der Waals surface area (Å²) in [5.41, 5.74) is 0. The summed E-state index contributed by atoms with van der Waals surface area (Å²) in [4.78, 5) is 4.88. The van der Waals surface area contributed by atoms with Crippen LogP contribution in [0.3, 0.4) is 0 Å². The molecule has 0 unspecified atom stereocenters. The van der Waals surface area contributed by atoms with Gasteiger partial charge in [-0.25, -0.2) is 12.7 Å². The van der Waals surface area contributed by atoms with Crippen LogP contribution in [-0.2, 0) is 10.0 Å². The minimum atomic E-state index is -2.98. The molecule has 2 aliphatic heterocycles. The largest absolute Gasteiger partial charge is 0.304 e. The number of sulfonamides is 1. The van der Waals surface area contributed by atoms with Crippen LogP contribution >= 0.6 is 0 Å². The fraction of sp³-hybridized carbons (Fsp3) is 1.00. The van der Waals surface area contributed by atoms with Gasteiger partial charge in [0.2, 0.25) is 10.0 Å². The zero-order chi connectivity index (χ0) is 14.5. The van der Waals surface area contributed by atoms with Crippen molar-refractivity contribution in [2.75, 3.05) is 52.6 Å². The van der Waals surface area contributed by atoms with E-state index < -0.39 is 10.0 Å². The summed E-state index contributed by atoms with van der Waals surface area (Å²) in [5, 5.41) is 0. The quantitative estimate of drug-likeness (QED) is 0.751. The Hall–Kier alpha value is -0.170. The topological polar surface area (TPSA) is 43.9 Å². The molecule has 2 aliphatic rings. The van der Waals surface area contributed by atoms with E-state index in [1.807, 2.05) is 13.8 Å². The molecule has 6 heteroatoms. The Balaban J connectivity index is 0.000000861. The predicted molar refractivity (Wildman–Crippen MR) is 79.9 cm³/mol. The van der Waals surface area contributed by atoms with E-state index in [0.717, 1.165) is 39.0 Å². The van der Waals surface area contributed by atoms with E-state index >= 15 is 0 Å². The lowest BCUT2D eigenvalue weighted by Gasteiger charge is -2.41. The molecular formula is C13H29N3O2S. The molecule has 5 nitrogen and oxygen atoms in total. The lowest BCUT2D eigenvalue weighted by atomic mass is 10.0. The van der Waals surface area contributed by atoms with Gasteiger partial charge in [0.1, 0.15) is 0 Å². The van der Waals surface area contributed by atoms with E-state index in [9.17, 15) is 8.42 Å². The number of likely N-dealkylation sites (N-methyl/N-ethyl adjacent to an activating group) is 1. The van der Waals surface area contributed by atoms with Crippen LogP contribution in [-0.4, -0.2) is 81.1 Å². The average Bonchev–Trinajstić information content (AvgIpc) is 2.41. The van der Waals surface area contributed by atoms with Gasteiger partial charge in [0.05, 0.1) is 6.26 Å². The summed E-state index contributed by atoms with van der Waals surface area (Å²) in [6.07, 6.45) is 3.27. The summed E-state index contributed by atoms with van der Waals surface area (Å²) < 4.78 is 24.4. The zero-order valence-electron chi connectivity index (χ0n) is 12.8. The molecule has 0 radical (unpaired) electrons. The first-order chi connectivity index (χ1) is 8.97. The van der Waals surface area contributed by atoms with Gasteiger partial charge in [-0.05, 0) is 19.9 Å². The van der Waals surface area contributed by atoms with Gasteiger partial charge in [-0.15, -0.1) is 0 Å². The van der Waals surface area contributed by atoms with Crippen LogP contribution < -0.4 is 0 Å². The molecule has 2 saturated heterocycles. The van der Waals surface area contributed by atoms with Crippen LogP contribution in [0.15, 0.2) is 0 Å². The fourth-order valence-electron chi connectivity index (χ4n) is 2.73. The SMILES string of the molecule is CC.CN1CCN(C2CCN(S(C)(=O)=O)CC2)CC1. The van der Waals surface area contributed by atoms with Crippen molar-refractivity contribution in [1.82, 2.24) is 14.1 Å². The molecular weight excluding hydrogens is 262 g/mol. The van der Waals surface area contributed by atoms with Crippen molar-refractivity contribution in [2.24, 2.45) is 0 Å². The molecule has 0 aromatic carbocycles. The van der Waals surface area contributed by atoms with E-state index in [4.69, 9.17) is 0 Å². The molecule has 0 amide bonds. The zero-order valence-corrected chi connectivity index (χ0v) is 13.6. The molecule has 0 spiro atoms. The molecule has 0 atom stereocenters. The highest BCUT2D eigenvalue weighted by atomic mass is 32.2. The second-order valence-corrected chi connectivity index (χ2v) is 7.21. The Morgan fingerprint density at radius 1 is 0.895 bits per heavy atom. The maximum absolute atomic E-state index is 11.4. The Morgan fingerprint density at radius 3 is 1.79 bits per heavy atom. The molecule has 0 aromatic rings. The van der Waals surface area contributed by atoms with Gasteiger partial charge < -0.3 is 4.90 Å². The first kappa shape index (κ1) is 16.9. The monoisotopic (exact) mass is 291 g/mol. The standard InChI is InChI=1S/C11H23N3O2S.C2H6/c1-12-7-9-13(10-8-12)11-3-5-14(6-4-11)17(2,15)16;1-2/h11H,3-10H2,1-2H3;1-2H3. The Bertz CT molecular complexity index is 343. The molecule has 0 bridgehead atoms. The van der Waals surface area contributed by atoms with Crippen LogP contribution in [0.5, 0.6) is 0 Å². The van der Waals surface area contributed by atoms with Gasteiger partial charge >= 0.3 is 0 Å². The van der Waals surface area contributed by atoms with Gasteiger partial charge in [-0.2, -0.15) is 0 Å². The van der Waals surface area contributed by atoms with Gasteiger partial charge in [0.25, 0.3) is 0 Å². The summed E-state index contributed by atoms with van der Waals surface area (Å²) >= 11 is 0. The second kappa shape index (κ2) is 7.57. The molecule has 114 valence electrons. The summed E-state index contributed by atoms with van der Waals surface area (Å²) in [7, 11) is -0.826. The first-order valence-electron chi connectivity index (χ1n) is 7.34. The molecule has 0 saturated carbocycles. The van der Waals surface area contributed by atoms with Crippen LogP contribution in [0, 0.1) is 0 Å². The van der Waals surface area contributed by atoms with E-state index in [2.05, 4.69) is 16.8 Å². The second-order valence-electron chi connectivity index (χ2n) is 5.23. The number of rotatable bonds is 2. The molecule has 19 heavy (non-hydrogen) atoms. The molecule has 2 fully saturated rings. The molecule has 0 N–H and O–H groups in total. The van der Waals surface area contributed by atoms with Crippen molar-refractivity contribution in [1.29, 1.82) is 0 Å². The smallest absolute Gasteiger partial charge is 0.211 e. The maximum Gasteiger partial charge on any atom is 0.211 e. The highest BCUT2D eigenvalue weighted by molar-refractivity contribution is 7.88. The molecule has 2 rings (SSSR count). The fourth-order valence-corrected chi connectivity index (χ4v) is 3.60. The highest BCUT2D eigenvalue weighted by Gasteiger charge is 2.29. The maximum atomic E-state index is 11.4. The van der Waals surface area contributed by atoms with Crippen molar-refractivity contribution in [3.63, 3.8) is 0 Å². The van der Waals surface area contributed by atoms with Crippen molar-refractivity contribution >= 4 is 10.0 Å². The van der Waals surface area contributed by atoms with Gasteiger partial charge in [-0.1, -0.05) is 13.8 Å².